The third-order valence-electron chi connectivity index (χ3n) is 2.33. The Balaban J connectivity index is 2.38. The molecule has 2 nitrogen and oxygen atoms in total. The van der Waals surface area contributed by atoms with Crippen molar-refractivity contribution in [3.8, 4) is 11.1 Å². The minimum absolute atomic E-state index is 0.452. The largest absolute Gasteiger partial charge is 0.298 e. The number of benzene rings is 1. The number of carbonyl (C=O) groups is 1. The van der Waals surface area contributed by atoms with Gasteiger partial charge >= 0.3 is 0 Å². The van der Waals surface area contributed by atoms with Gasteiger partial charge in [0, 0.05) is 29.4 Å². The van der Waals surface area contributed by atoms with Crippen molar-refractivity contribution in [3.05, 3.63) is 53.9 Å². The first-order valence-electron chi connectivity index (χ1n) is 4.89. The van der Waals surface area contributed by atoms with E-state index in [1.165, 1.54) is 0 Å². The van der Waals surface area contributed by atoms with Gasteiger partial charge in [-0.25, -0.2) is 0 Å². The van der Waals surface area contributed by atoms with Gasteiger partial charge in [-0.05, 0) is 17.2 Å². The molecule has 1 aromatic heterocycles. The Kier molecular flexibility index (Phi) is 3.32. The first-order chi connectivity index (χ1) is 7.83. The Morgan fingerprint density at radius 3 is 2.50 bits per heavy atom. The summed E-state index contributed by atoms with van der Waals surface area (Å²) in [6.45, 7) is 0. The molecular formula is C13H10ClNO. The van der Waals surface area contributed by atoms with E-state index in [9.17, 15) is 4.79 Å². The topological polar surface area (TPSA) is 30.0 Å². The maximum Gasteiger partial charge on any atom is 0.150 e. The Morgan fingerprint density at radius 2 is 1.88 bits per heavy atom. The molecule has 1 aromatic carbocycles. The summed E-state index contributed by atoms with van der Waals surface area (Å²) in [5, 5.41) is 0. The Morgan fingerprint density at radius 1 is 1.12 bits per heavy atom. The summed E-state index contributed by atoms with van der Waals surface area (Å²) in [6, 6.07) is 9.37. The molecular weight excluding hydrogens is 222 g/mol. The summed E-state index contributed by atoms with van der Waals surface area (Å²) in [5.74, 6) is 0.452. The van der Waals surface area contributed by atoms with Crippen LogP contribution in [0.3, 0.4) is 0 Å². The van der Waals surface area contributed by atoms with Crippen LogP contribution in [0.4, 0.5) is 0 Å². The molecule has 0 aliphatic rings. The highest BCUT2D eigenvalue weighted by Gasteiger charge is 1.99. The Bertz CT molecular complexity index is 494. The van der Waals surface area contributed by atoms with E-state index in [0.29, 0.717) is 11.4 Å². The molecule has 0 unspecified atom stereocenters. The highest BCUT2D eigenvalue weighted by Crippen LogP contribution is 2.20. The lowest BCUT2D eigenvalue weighted by Crippen LogP contribution is -1.85. The molecule has 80 valence electrons. The van der Waals surface area contributed by atoms with E-state index in [2.05, 4.69) is 4.98 Å². The number of aldehydes is 1. The fourth-order valence-electron chi connectivity index (χ4n) is 1.47. The van der Waals surface area contributed by atoms with Crippen LogP contribution < -0.4 is 0 Å². The Hall–Kier alpha value is -1.67. The van der Waals surface area contributed by atoms with Gasteiger partial charge in [0.05, 0.1) is 0 Å². The number of carbonyl (C=O) groups excluding carboxylic acids is 1. The fourth-order valence-corrected chi connectivity index (χ4v) is 1.62. The molecule has 0 aliphatic heterocycles. The third-order valence-corrected chi connectivity index (χ3v) is 2.64. The molecule has 0 radical (unpaired) electrons. The van der Waals surface area contributed by atoms with E-state index in [1.807, 2.05) is 18.2 Å². The minimum atomic E-state index is 0.452. The van der Waals surface area contributed by atoms with Crippen LogP contribution in [0.15, 0.2) is 42.7 Å². The van der Waals surface area contributed by atoms with Gasteiger partial charge in [-0.1, -0.05) is 24.3 Å². The van der Waals surface area contributed by atoms with Gasteiger partial charge in [0.2, 0.25) is 0 Å². The number of nitrogens with zero attached hydrogens (tertiary/aromatic N) is 1. The zero-order chi connectivity index (χ0) is 11.4. The van der Waals surface area contributed by atoms with Crippen molar-refractivity contribution in [2.75, 3.05) is 0 Å². The Labute approximate surface area is 98.9 Å². The molecule has 16 heavy (non-hydrogen) atoms. The average molecular weight is 232 g/mol. The summed E-state index contributed by atoms with van der Waals surface area (Å²) in [5.41, 5.74) is 3.70. The van der Waals surface area contributed by atoms with Gasteiger partial charge in [0.1, 0.15) is 6.29 Å². The van der Waals surface area contributed by atoms with E-state index < -0.39 is 0 Å². The summed E-state index contributed by atoms with van der Waals surface area (Å²) in [4.78, 5) is 14.6. The minimum Gasteiger partial charge on any atom is -0.298 e. The standard InChI is InChI=1S/C13H10ClNO/c14-6-11-5-13(8-15-7-11)12-3-1-10(9-16)2-4-12/h1-5,7-9H,6H2. The zero-order valence-corrected chi connectivity index (χ0v) is 9.32. The predicted molar refractivity (Wildman–Crippen MR) is 64.6 cm³/mol. The first-order valence-corrected chi connectivity index (χ1v) is 5.42. The van der Waals surface area contributed by atoms with E-state index in [-0.39, 0.29) is 0 Å². The van der Waals surface area contributed by atoms with Crippen molar-refractivity contribution in [3.63, 3.8) is 0 Å². The van der Waals surface area contributed by atoms with Gasteiger partial charge < -0.3 is 0 Å². The number of hydrogen-bond acceptors (Lipinski definition) is 2. The predicted octanol–water partition coefficient (Wildman–Crippen LogP) is 3.30. The van der Waals surface area contributed by atoms with Crippen molar-refractivity contribution in [2.45, 2.75) is 5.88 Å². The lowest BCUT2D eigenvalue weighted by molar-refractivity contribution is 0.112. The molecule has 0 saturated heterocycles. The molecule has 0 aliphatic carbocycles. The number of hydrogen-bond donors (Lipinski definition) is 0. The summed E-state index contributed by atoms with van der Waals surface area (Å²) >= 11 is 5.75. The number of rotatable bonds is 3. The quantitative estimate of drug-likeness (QED) is 0.599. The van der Waals surface area contributed by atoms with Crippen LogP contribution in [-0.2, 0) is 5.88 Å². The summed E-state index contributed by atoms with van der Waals surface area (Å²) < 4.78 is 0. The second-order valence-electron chi connectivity index (χ2n) is 3.46. The van der Waals surface area contributed by atoms with Crippen LogP contribution in [0, 0.1) is 0 Å². The molecule has 0 saturated carbocycles. The SMILES string of the molecule is O=Cc1ccc(-c2cncc(CCl)c2)cc1. The molecule has 0 bridgehead atoms. The highest BCUT2D eigenvalue weighted by atomic mass is 35.5. The van der Waals surface area contributed by atoms with Gasteiger partial charge in [-0.2, -0.15) is 0 Å². The lowest BCUT2D eigenvalue weighted by Gasteiger charge is -2.03. The van der Waals surface area contributed by atoms with Crippen molar-refractivity contribution < 1.29 is 4.79 Å². The van der Waals surface area contributed by atoms with Crippen LogP contribution in [0.2, 0.25) is 0 Å². The lowest BCUT2D eigenvalue weighted by atomic mass is 10.1. The molecule has 2 rings (SSSR count). The summed E-state index contributed by atoms with van der Waals surface area (Å²) in [7, 11) is 0. The molecule has 0 N–H and O–H groups in total. The maximum absolute atomic E-state index is 10.5. The second kappa shape index (κ2) is 4.90. The first kappa shape index (κ1) is 10.8. The normalized spacial score (nSPS) is 10.1. The second-order valence-corrected chi connectivity index (χ2v) is 3.72. The molecule has 3 heteroatoms. The van der Waals surface area contributed by atoms with Crippen LogP contribution in [-0.4, -0.2) is 11.3 Å². The van der Waals surface area contributed by atoms with E-state index >= 15 is 0 Å². The van der Waals surface area contributed by atoms with Crippen LogP contribution in [0.5, 0.6) is 0 Å². The van der Waals surface area contributed by atoms with Gasteiger partial charge in [0.25, 0.3) is 0 Å². The van der Waals surface area contributed by atoms with Gasteiger partial charge in [0.15, 0.2) is 0 Å². The molecule has 2 aromatic rings. The van der Waals surface area contributed by atoms with Crippen LogP contribution in [0.25, 0.3) is 11.1 Å². The highest BCUT2D eigenvalue weighted by molar-refractivity contribution is 6.17. The average Bonchev–Trinajstić information content (AvgIpc) is 2.39. The van der Waals surface area contributed by atoms with Crippen molar-refractivity contribution >= 4 is 17.9 Å². The summed E-state index contributed by atoms with van der Waals surface area (Å²) in [6.07, 6.45) is 4.36. The van der Waals surface area contributed by atoms with Crippen molar-refractivity contribution in [1.29, 1.82) is 0 Å². The van der Waals surface area contributed by atoms with E-state index in [0.717, 1.165) is 23.0 Å². The number of halogens is 1. The monoisotopic (exact) mass is 231 g/mol. The zero-order valence-electron chi connectivity index (χ0n) is 8.56. The molecule has 0 spiro atoms. The van der Waals surface area contributed by atoms with E-state index in [4.69, 9.17) is 11.6 Å². The van der Waals surface area contributed by atoms with E-state index in [1.54, 1.807) is 24.5 Å². The molecule has 0 amide bonds. The number of aromatic nitrogens is 1. The van der Waals surface area contributed by atoms with Crippen molar-refractivity contribution in [1.82, 2.24) is 4.98 Å². The van der Waals surface area contributed by atoms with Crippen LogP contribution >= 0.6 is 11.6 Å². The number of pyridine rings is 1. The van der Waals surface area contributed by atoms with Crippen LogP contribution in [0.1, 0.15) is 15.9 Å². The maximum atomic E-state index is 10.5. The molecule has 1 heterocycles. The van der Waals surface area contributed by atoms with Gasteiger partial charge in [-0.15, -0.1) is 11.6 Å². The molecule has 0 fully saturated rings. The van der Waals surface area contributed by atoms with Gasteiger partial charge in [-0.3, -0.25) is 9.78 Å². The molecule has 0 atom stereocenters. The van der Waals surface area contributed by atoms with Crippen molar-refractivity contribution in [2.24, 2.45) is 0 Å². The number of alkyl halides is 1. The fraction of sp³-hybridized carbons (Fsp3) is 0.0769. The smallest absolute Gasteiger partial charge is 0.150 e. The third kappa shape index (κ3) is 2.28.